The van der Waals surface area contributed by atoms with Crippen LogP contribution in [0.4, 0.5) is 15.8 Å². The van der Waals surface area contributed by atoms with Crippen LogP contribution in [0.5, 0.6) is 11.5 Å². The second kappa shape index (κ2) is 6.40. The molecule has 0 aliphatic rings. The number of phenolic OH excluding ortho intramolecular Hbond substituents is 2. The van der Waals surface area contributed by atoms with Crippen LogP contribution >= 0.6 is 0 Å². The molecule has 0 fully saturated rings. The monoisotopic (exact) mass is 309 g/mol. The van der Waals surface area contributed by atoms with Gasteiger partial charge >= 0.3 is 0 Å². The van der Waals surface area contributed by atoms with Gasteiger partial charge in [0.25, 0.3) is 0 Å². The molecular formula is C19H16FNO2. The Morgan fingerprint density at radius 3 is 2.30 bits per heavy atom. The van der Waals surface area contributed by atoms with Gasteiger partial charge in [0.1, 0.15) is 5.75 Å². The van der Waals surface area contributed by atoms with E-state index in [0.717, 1.165) is 5.56 Å². The fourth-order valence-corrected chi connectivity index (χ4v) is 2.46. The molecule has 0 amide bonds. The first kappa shape index (κ1) is 14.9. The summed E-state index contributed by atoms with van der Waals surface area (Å²) in [4.78, 5) is 1.76. The van der Waals surface area contributed by atoms with Crippen molar-refractivity contribution >= 4 is 11.4 Å². The molecule has 0 saturated carbocycles. The predicted molar refractivity (Wildman–Crippen MR) is 88.5 cm³/mol. The number of para-hydroxylation sites is 1. The molecule has 0 aliphatic heterocycles. The van der Waals surface area contributed by atoms with E-state index < -0.39 is 11.6 Å². The maximum Gasteiger partial charge on any atom is 0.175 e. The molecule has 3 nitrogen and oxygen atoms in total. The van der Waals surface area contributed by atoms with Crippen LogP contribution in [0.2, 0.25) is 0 Å². The van der Waals surface area contributed by atoms with Crippen molar-refractivity contribution in [1.29, 1.82) is 0 Å². The van der Waals surface area contributed by atoms with Crippen LogP contribution in [-0.4, -0.2) is 10.2 Å². The van der Waals surface area contributed by atoms with Crippen molar-refractivity contribution in [3.63, 3.8) is 0 Å². The number of halogens is 1. The fraction of sp³-hybridized carbons (Fsp3) is 0.0526. The first-order valence-corrected chi connectivity index (χ1v) is 7.23. The number of rotatable bonds is 4. The lowest BCUT2D eigenvalue weighted by Gasteiger charge is -2.26. The van der Waals surface area contributed by atoms with Crippen LogP contribution in [0.3, 0.4) is 0 Å². The van der Waals surface area contributed by atoms with Crippen molar-refractivity contribution in [2.75, 3.05) is 4.90 Å². The lowest BCUT2D eigenvalue weighted by Crippen LogP contribution is -2.16. The van der Waals surface area contributed by atoms with Crippen molar-refractivity contribution in [1.82, 2.24) is 0 Å². The standard InChI is InChI=1S/C19H16FNO2/c20-17-10-5-11-18(19(17)23)21(13-14-6-2-1-3-7-14)15-8-4-9-16(22)12-15/h1-12,22-23H,13H2. The maximum absolute atomic E-state index is 13.7. The average molecular weight is 309 g/mol. The van der Waals surface area contributed by atoms with Crippen LogP contribution in [-0.2, 0) is 6.54 Å². The van der Waals surface area contributed by atoms with Crippen LogP contribution in [0.1, 0.15) is 5.56 Å². The molecule has 0 radical (unpaired) electrons. The Hall–Kier alpha value is -3.01. The lowest BCUT2D eigenvalue weighted by molar-refractivity contribution is 0.432. The van der Waals surface area contributed by atoms with E-state index in [0.29, 0.717) is 17.9 Å². The Morgan fingerprint density at radius 1 is 0.826 bits per heavy atom. The summed E-state index contributed by atoms with van der Waals surface area (Å²) in [5.74, 6) is -0.982. The zero-order valence-corrected chi connectivity index (χ0v) is 12.4. The molecule has 0 atom stereocenters. The second-order valence-corrected chi connectivity index (χ2v) is 5.20. The van der Waals surface area contributed by atoms with Gasteiger partial charge in [-0.05, 0) is 29.8 Å². The Morgan fingerprint density at radius 2 is 1.57 bits per heavy atom. The van der Waals surface area contributed by atoms with Crippen molar-refractivity contribution in [3.05, 3.63) is 84.2 Å². The molecule has 0 unspecified atom stereocenters. The van der Waals surface area contributed by atoms with E-state index in [-0.39, 0.29) is 5.75 Å². The molecule has 0 bridgehead atoms. The SMILES string of the molecule is Oc1cccc(N(Cc2ccccc2)c2cccc(F)c2O)c1. The van der Waals surface area contributed by atoms with Crippen LogP contribution in [0.15, 0.2) is 72.8 Å². The summed E-state index contributed by atoms with van der Waals surface area (Å²) < 4.78 is 13.7. The molecule has 4 heteroatoms. The molecule has 0 saturated heterocycles. The third kappa shape index (κ3) is 3.26. The predicted octanol–water partition coefficient (Wildman–Crippen LogP) is 4.58. The third-order valence-electron chi connectivity index (χ3n) is 3.58. The van der Waals surface area contributed by atoms with Gasteiger partial charge in [-0.25, -0.2) is 4.39 Å². The molecule has 3 aromatic rings. The number of hydrogen-bond donors (Lipinski definition) is 2. The van der Waals surface area contributed by atoms with Crippen molar-refractivity contribution in [2.24, 2.45) is 0 Å². The van der Waals surface area contributed by atoms with Gasteiger partial charge in [0, 0.05) is 18.3 Å². The van der Waals surface area contributed by atoms with Gasteiger partial charge in [0.2, 0.25) is 0 Å². The molecule has 0 heterocycles. The zero-order valence-electron chi connectivity index (χ0n) is 12.4. The zero-order chi connectivity index (χ0) is 16.2. The molecule has 0 spiro atoms. The quantitative estimate of drug-likeness (QED) is 0.741. The van der Waals surface area contributed by atoms with Gasteiger partial charge in [-0.2, -0.15) is 0 Å². The van der Waals surface area contributed by atoms with Crippen LogP contribution in [0, 0.1) is 5.82 Å². The fourth-order valence-electron chi connectivity index (χ4n) is 2.46. The summed E-state index contributed by atoms with van der Waals surface area (Å²) in [5, 5.41) is 19.8. The van der Waals surface area contributed by atoms with Gasteiger partial charge in [-0.1, -0.05) is 42.5 Å². The number of anilines is 2. The minimum absolute atomic E-state index is 0.108. The lowest BCUT2D eigenvalue weighted by atomic mass is 10.1. The van der Waals surface area contributed by atoms with E-state index in [1.54, 1.807) is 41.3 Å². The topological polar surface area (TPSA) is 43.7 Å². The first-order chi connectivity index (χ1) is 11.1. The molecule has 0 aliphatic carbocycles. The van der Waals surface area contributed by atoms with Crippen LogP contribution in [0.25, 0.3) is 0 Å². The first-order valence-electron chi connectivity index (χ1n) is 7.23. The highest BCUT2D eigenvalue weighted by Crippen LogP contribution is 2.36. The minimum atomic E-state index is -0.680. The molecule has 23 heavy (non-hydrogen) atoms. The van der Waals surface area contributed by atoms with E-state index in [2.05, 4.69) is 0 Å². The molecule has 2 N–H and O–H groups in total. The van der Waals surface area contributed by atoms with Gasteiger partial charge in [-0.3, -0.25) is 0 Å². The minimum Gasteiger partial charge on any atom is -0.508 e. The Balaban J connectivity index is 2.08. The van der Waals surface area contributed by atoms with E-state index in [1.165, 1.54) is 6.07 Å². The van der Waals surface area contributed by atoms with E-state index in [4.69, 9.17) is 0 Å². The van der Waals surface area contributed by atoms with E-state index in [1.807, 2.05) is 30.3 Å². The van der Waals surface area contributed by atoms with Gasteiger partial charge in [0.05, 0.1) is 5.69 Å². The van der Waals surface area contributed by atoms with E-state index in [9.17, 15) is 14.6 Å². The van der Waals surface area contributed by atoms with E-state index >= 15 is 0 Å². The molecule has 0 aromatic heterocycles. The third-order valence-corrected chi connectivity index (χ3v) is 3.58. The van der Waals surface area contributed by atoms with Crippen molar-refractivity contribution < 1.29 is 14.6 Å². The maximum atomic E-state index is 13.7. The summed E-state index contributed by atoms with van der Waals surface area (Å²) in [7, 11) is 0. The largest absolute Gasteiger partial charge is 0.508 e. The Labute approximate surface area is 133 Å². The van der Waals surface area contributed by atoms with Gasteiger partial charge in [0.15, 0.2) is 11.6 Å². The van der Waals surface area contributed by atoms with Gasteiger partial charge in [-0.15, -0.1) is 0 Å². The smallest absolute Gasteiger partial charge is 0.175 e. The van der Waals surface area contributed by atoms with Crippen LogP contribution < -0.4 is 4.90 Å². The Bertz CT molecular complexity index is 805. The Kier molecular flexibility index (Phi) is 4.15. The summed E-state index contributed by atoms with van der Waals surface area (Å²) in [6, 6.07) is 20.7. The highest BCUT2D eigenvalue weighted by Gasteiger charge is 2.16. The number of phenols is 2. The normalized spacial score (nSPS) is 10.5. The highest BCUT2D eigenvalue weighted by molar-refractivity contribution is 5.70. The molecular weight excluding hydrogens is 293 g/mol. The summed E-state index contributed by atoms with van der Waals surface area (Å²) in [6.07, 6.45) is 0. The molecule has 3 rings (SSSR count). The van der Waals surface area contributed by atoms with Gasteiger partial charge < -0.3 is 15.1 Å². The number of benzene rings is 3. The van der Waals surface area contributed by atoms with Crippen molar-refractivity contribution in [3.8, 4) is 11.5 Å². The molecule has 116 valence electrons. The number of aromatic hydroxyl groups is 2. The average Bonchev–Trinajstić information content (AvgIpc) is 2.56. The highest BCUT2D eigenvalue weighted by atomic mass is 19.1. The number of nitrogens with zero attached hydrogens (tertiary/aromatic N) is 1. The second-order valence-electron chi connectivity index (χ2n) is 5.20. The summed E-state index contributed by atoms with van der Waals surface area (Å²) >= 11 is 0. The summed E-state index contributed by atoms with van der Waals surface area (Å²) in [6.45, 7) is 0.432. The summed E-state index contributed by atoms with van der Waals surface area (Å²) in [5.41, 5.74) is 2.01. The van der Waals surface area contributed by atoms with Crippen molar-refractivity contribution in [2.45, 2.75) is 6.54 Å². The number of hydrogen-bond acceptors (Lipinski definition) is 3. The molecule has 3 aromatic carbocycles.